The zero-order valence-electron chi connectivity index (χ0n) is 10.1. The third-order valence-corrected chi connectivity index (χ3v) is 3.30. The summed E-state index contributed by atoms with van der Waals surface area (Å²) in [6.45, 7) is 6.00. The molecule has 1 unspecified atom stereocenters. The molecule has 0 saturated carbocycles. The highest BCUT2D eigenvalue weighted by atomic mass is 16.1. The van der Waals surface area contributed by atoms with Gasteiger partial charge in [-0.1, -0.05) is 18.2 Å². The van der Waals surface area contributed by atoms with Crippen molar-refractivity contribution in [3.05, 3.63) is 35.4 Å². The Bertz CT molecular complexity index is 405. The molecule has 1 aromatic rings. The van der Waals surface area contributed by atoms with Gasteiger partial charge < -0.3 is 11.1 Å². The second kappa shape index (κ2) is 5.29. The smallest absolute Gasteiger partial charge is 0.249 e. The van der Waals surface area contributed by atoms with Gasteiger partial charge in [0.1, 0.15) is 0 Å². The zero-order valence-corrected chi connectivity index (χ0v) is 10.1. The maximum absolute atomic E-state index is 11.3. The zero-order chi connectivity index (χ0) is 12.3. The summed E-state index contributed by atoms with van der Waals surface area (Å²) in [6.07, 6.45) is 0. The Morgan fingerprint density at radius 1 is 1.53 bits per heavy atom. The van der Waals surface area contributed by atoms with Gasteiger partial charge in [0.25, 0.3) is 0 Å². The topological polar surface area (TPSA) is 58.4 Å². The molecule has 4 nitrogen and oxygen atoms in total. The average molecular weight is 233 g/mol. The number of hydrogen-bond acceptors (Lipinski definition) is 3. The Hall–Kier alpha value is -1.39. The fourth-order valence-corrected chi connectivity index (χ4v) is 2.24. The lowest BCUT2D eigenvalue weighted by Gasteiger charge is -2.34. The van der Waals surface area contributed by atoms with Crippen LogP contribution in [0.1, 0.15) is 22.8 Å². The normalized spacial score (nSPS) is 21.4. The van der Waals surface area contributed by atoms with Crippen molar-refractivity contribution in [2.24, 2.45) is 5.73 Å². The minimum Gasteiger partial charge on any atom is -0.366 e. The van der Waals surface area contributed by atoms with Crippen molar-refractivity contribution in [3.63, 3.8) is 0 Å². The van der Waals surface area contributed by atoms with Crippen LogP contribution in [0.15, 0.2) is 24.3 Å². The number of primary amides is 1. The van der Waals surface area contributed by atoms with Crippen LogP contribution in [0.4, 0.5) is 0 Å². The average Bonchev–Trinajstić information content (AvgIpc) is 2.32. The van der Waals surface area contributed by atoms with E-state index in [1.54, 1.807) is 6.07 Å². The Balaban J connectivity index is 2.14. The fourth-order valence-electron chi connectivity index (χ4n) is 2.24. The summed E-state index contributed by atoms with van der Waals surface area (Å²) < 4.78 is 0. The van der Waals surface area contributed by atoms with E-state index in [1.807, 2.05) is 18.2 Å². The lowest BCUT2D eigenvalue weighted by atomic mass is 10.1. The van der Waals surface area contributed by atoms with Crippen molar-refractivity contribution >= 4 is 5.91 Å². The maximum Gasteiger partial charge on any atom is 0.249 e. The first-order valence-corrected chi connectivity index (χ1v) is 6.01. The summed E-state index contributed by atoms with van der Waals surface area (Å²) in [7, 11) is 0. The van der Waals surface area contributed by atoms with Gasteiger partial charge in [0.05, 0.1) is 0 Å². The summed E-state index contributed by atoms with van der Waals surface area (Å²) in [6, 6.07) is 8.07. The van der Waals surface area contributed by atoms with Crippen molar-refractivity contribution in [1.82, 2.24) is 10.2 Å². The predicted octanol–water partition coefficient (Wildman–Crippen LogP) is 0.579. The largest absolute Gasteiger partial charge is 0.366 e. The number of benzene rings is 1. The van der Waals surface area contributed by atoms with Crippen molar-refractivity contribution in [2.45, 2.75) is 19.5 Å². The van der Waals surface area contributed by atoms with Crippen LogP contribution in [0, 0.1) is 0 Å². The van der Waals surface area contributed by atoms with Crippen LogP contribution in [0.2, 0.25) is 0 Å². The number of rotatable bonds is 3. The third-order valence-electron chi connectivity index (χ3n) is 3.30. The first-order valence-electron chi connectivity index (χ1n) is 6.01. The SMILES string of the molecule is CC1CNCCN1Cc1ccccc1C(N)=O. The van der Waals surface area contributed by atoms with Gasteiger partial charge in [0.2, 0.25) is 5.91 Å². The monoisotopic (exact) mass is 233 g/mol. The van der Waals surface area contributed by atoms with E-state index in [4.69, 9.17) is 5.73 Å². The van der Waals surface area contributed by atoms with Crippen LogP contribution in [-0.4, -0.2) is 36.5 Å². The van der Waals surface area contributed by atoms with E-state index < -0.39 is 0 Å². The number of nitrogens with one attached hydrogen (secondary N) is 1. The molecule has 0 bridgehead atoms. The molecule has 3 N–H and O–H groups in total. The van der Waals surface area contributed by atoms with Crippen molar-refractivity contribution in [1.29, 1.82) is 0 Å². The van der Waals surface area contributed by atoms with Crippen LogP contribution < -0.4 is 11.1 Å². The van der Waals surface area contributed by atoms with E-state index >= 15 is 0 Å². The Kier molecular flexibility index (Phi) is 3.76. The van der Waals surface area contributed by atoms with E-state index in [2.05, 4.69) is 17.1 Å². The number of piperazine rings is 1. The highest BCUT2D eigenvalue weighted by molar-refractivity contribution is 5.94. The molecule has 1 saturated heterocycles. The molecular weight excluding hydrogens is 214 g/mol. The second-order valence-electron chi connectivity index (χ2n) is 4.55. The number of nitrogens with two attached hydrogens (primary N) is 1. The van der Waals surface area contributed by atoms with Gasteiger partial charge in [-0.05, 0) is 18.6 Å². The van der Waals surface area contributed by atoms with Gasteiger partial charge in [-0.25, -0.2) is 0 Å². The molecule has 1 aromatic carbocycles. The van der Waals surface area contributed by atoms with Gasteiger partial charge >= 0.3 is 0 Å². The van der Waals surface area contributed by atoms with E-state index in [9.17, 15) is 4.79 Å². The first-order chi connectivity index (χ1) is 8.18. The van der Waals surface area contributed by atoms with Crippen LogP contribution in [0.25, 0.3) is 0 Å². The Morgan fingerprint density at radius 3 is 3.00 bits per heavy atom. The Morgan fingerprint density at radius 2 is 2.29 bits per heavy atom. The van der Waals surface area contributed by atoms with Crippen LogP contribution >= 0.6 is 0 Å². The molecule has 0 radical (unpaired) electrons. The molecule has 17 heavy (non-hydrogen) atoms. The summed E-state index contributed by atoms with van der Waals surface area (Å²) in [5.74, 6) is -0.344. The molecule has 1 heterocycles. The quantitative estimate of drug-likeness (QED) is 0.803. The number of nitrogens with zero attached hydrogens (tertiary/aromatic N) is 1. The molecule has 0 aromatic heterocycles. The molecule has 92 valence electrons. The van der Waals surface area contributed by atoms with Crippen LogP contribution in [-0.2, 0) is 6.54 Å². The molecular formula is C13H19N3O. The van der Waals surface area contributed by atoms with E-state index in [1.165, 1.54) is 0 Å². The standard InChI is InChI=1S/C13H19N3O/c1-10-8-15-6-7-16(10)9-11-4-2-3-5-12(11)13(14)17/h2-5,10,15H,6-9H2,1H3,(H2,14,17). The molecule has 2 rings (SSSR count). The van der Waals surface area contributed by atoms with Gasteiger partial charge in [0.15, 0.2) is 0 Å². The van der Waals surface area contributed by atoms with E-state index in [0.717, 1.165) is 31.7 Å². The van der Waals surface area contributed by atoms with Gasteiger partial charge in [0, 0.05) is 37.8 Å². The van der Waals surface area contributed by atoms with Crippen molar-refractivity contribution in [3.8, 4) is 0 Å². The highest BCUT2D eigenvalue weighted by Gasteiger charge is 2.19. The molecule has 1 fully saturated rings. The van der Waals surface area contributed by atoms with Crippen LogP contribution in [0.5, 0.6) is 0 Å². The number of carbonyl (C=O) groups is 1. The van der Waals surface area contributed by atoms with Crippen molar-refractivity contribution < 1.29 is 4.79 Å². The fraction of sp³-hybridized carbons (Fsp3) is 0.462. The summed E-state index contributed by atoms with van der Waals surface area (Å²) in [4.78, 5) is 13.7. The van der Waals surface area contributed by atoms with Gasteiger partial charge in [-0.3, -0.25) is 9.69 Å². The molecule has 1 aliphatic heterocycles. The molecule has 1 amide bonds. The molecule has 1 aliphatic rings. The first kappa shape index (κ1) is 12.1. The minimum atomic E-state index is -0.344. The summed E-state index contributed by atoms with van der Waals surface area (Å²) >= 11 is 0. The Labute approximate surface area is 102 Å². The van der Waals surface area contributed by atoms with E-state index in [-0.39, 0.29) is 5.91 Å². The summed E-state index contributed by atoms with van der Waals surface area (Å²) in [5.41, 5.74) is 7.04. The lowest BCUT2D eigenvalue weighted by molar-refractivity contribution is 0.0996. The van der Waals surface area contributed by atoms with Gasteiger partial charge in [-0.2, -0.15) is 0 Å². The van der Waals surface area contributed by atoms with Gasteiger partial charge in [-0.15, -0.1) is 0 Å². The summed E-state index contributed by atoms with van der Waals surface area (Å²) in [5, 5.41) is 3.35. The van der Waals surface area contributed by atoms with Crippen molar-refractivity contribution in [2.75, 3.05) is 19.6 Å². The number of carbonyl (C=O) groups excluding carboxylic acids is 1. The minimum absolute atomic E-state index is 0.344. The highest BCUT2D eigenvalue weighted by Crippen LogP contribution is 2.14. The number of hydrogen-bond donors (Lipinski definition) is 2. The third kappa shape index (κ3) is 2.84. The van der Waals surface area contributed by atoms with Crippen LogP contribution in [0.3, 0.4) is 0 Å². The molecule has 1 atom stereocenters. The number of amides is 1. The van der Waals surface area contributed by atoms with E-state index in [0.29, 0.717) is 11.6 Å². The predicted molar refractivity (Wildman–Crippen MR) is 67.7 cm³/mol. The lowest BCUT2D eigenvalue weighted by Crippen LogP contribution is -2.49. The maximum atomic E-state index is 11.3. The molecule has 0 aliphatic carbocycles. The second-order valence-corrected chi connectivity index (χ2v) is 4.55. The molecule has 0 spiro atoms. The molecule has 4 heteroatoms.